The van der Waals surface area contributed by atoms with Gasteiger partial charge in [-0.3, -0.25) is 4.79 Å². The van der Waals surface area contributed by atoms with Crippen molar-refractivity contribution in [3.63, 3.8) is 0 Å². The summed E-state index contributed by atoms with van der Waals surface area (Å²) in [5.41, 5.74) is 0.968. The average Bonchev–Trinajstić information content (AvgIpc) is 3.15. The van der Waals surface area contributed by atoms with Crippen molar-refractivity contribution < 1.29 is 4.79 Å². The Balaban J connectivity index is 1.54. The predicted molar refractivity (Wildman–Crippen MR) is 117 cm³/mol. The van der Waals surface area contributed by atoms with Crippen LogP contribution in [0.15, 0.2) is 41.6 Å². The molecule has 3 heterocycles. The Kier molecular flexibility index (Phi) is 5.79. The number of amides is 1. The number of anilines is 2. The molecule has 0 spiro atoms. The van der Waals surface area contributed by atoms with Crippen molar-refractivity contribution in [1.82, 2.24) is 20.2 Å². The van der Waals surface area contributed by atoms with E-state index >= 15 is 0 Å². The number of nitrogens with one attached hydrogen (secondary N) is 2. The molecule has 0 unspecified atom stereocenters. The van der Waals surface area contributed by atoms with E-state index in [2.05, 4.69) is 50.9 Å². The molecule has 2 N–H and O–H groups in total. The molecule has 1 amide bonds. The molecule has 28 heavy (non-hydrogen) atoms. The fraction of sp³-hybridized carbons (Fsp3) is 0.350. The third-order valence-electron chi connectivity index (χ3n) is 4.94. The van der Waals surface area contributed by atoms with Crippen LogP contribution in [0.1, 0.15) is 22.5 Å². The van der Waals surface area contributed by atoms with Crippen molar-refractivity contribution in [3.8, 4) is 0 Å². The summed E-state index contributed by atoms with van der Waals surface area (Å²) in [6, 6.07) is 10.3. The van der Waals surface area contributed by atoms with Crippen LogP contribution in [0, 0.1) is 0 Å². The van der Waals surface area contributed by atoms with Gasteiger partial charge in [-0.25, -0.2) is 9.97 Å². The Labute approximate surface area is 172 Å². The van der Waals surface area contributed by atoms with Crippen LogP contribution in [-0.4, -0.2) is 53.2 Å². The fourth-order valence-corrected chi connectivity index (χ4v) is 4.68. The molecule has 1 saturated heterocycles. The summed E-state index contributed by atoms with van der Waals surface area (Å²) >= 11 is 3.10. The minimum atomic E-state index is -0.0205. The number of rotatable bonds is 5. The lowest BCUT2D eigenvalue weighted by atomic mass is 10.1. The molecule has 6 nitrogen and oxygen atoms in total. The standard InChI is InChI=1S/C20H23N5OS2/c1-25-8-6-13(7-9-25)24-19(26)17-11-16-18(21-12-22-20(16)28-17)23-14-4-3-5-15(10-14)27-2/h3-5,10-13H,6-9H2,1-2H3,(H,24,26)(H,21,22,23). The van der Waals surface area contributed by atoms with Gasteiger partial charge in [-0.15, -0.1) is 23.1 Å². The maximum Gasteiger partial charge on any atom is 0.261 e. The van der Waals surface area contributed by atoms with Gasteiger partial charge in [-0.1, -0.05) is 6.07 Å². The summed E-state index contributed by atoms with van der Waals surface area (Å²) in [7, 11) is 2.12. The molecule has 0 saturated carbocycles. The zero-order valence-electron chi connectivity index (χ0n) is 15.9. The number of hydrogen-bond donors (Lipinski definition) is 2. The van der Waals surface area contributed by atoms with Crippen LogP contribution in [-0.2, 0) is 0 Å². The Hall–Kier alpha value is -2.16. The number of nitrogens with zero attached hydrogens (tertiary/aromatic N) is 3. The first-order valence-electron chi connectivity index (χ1n) is 9.27. The van der Waals surface area contributed by atoms with Crippen molar-refractivity contribution in [2.24, 2.45) is 0 Å². The number of piperidine rings is 1. The molecular formula is C20H23N5OS2. The maximum absolute atomic E-state index is 12.7. The number of carbonyl (C=O) groups excluding carboxylic acids is 1. The van der Waals surface area contributed by atoms with Gasteiger partial charge in [-0.05, 0) is 63.5 Å². The number of thioether (sulfide) groups is 1. The zero-order valence-corrected chi connectivity index (χ0v) is 17.6. The zero-order chi connectivity index (χ0) is 19.5. The van der Waals surface area contributed by atoms with Gasteiger partial charge < -0.3 is 15.5 Å². The minimum Gasteiger partial charge on any atom is -0.349 e. The highest BCUT2D eigenvalue weighted by Crippen LogP contribution is 2.31. The number of fused-ring (bicyclic) bond motifs is 1. The average molecular weight is 414 g/mol. The van der Waals surface area contributed by atoms with Gasteiger partial charge in [0.1, 0.15) is 17.0 Å². The van der Waals surface area contributed by atoms with Crippen LogP contribution in [0.3, 0.4) is 0 Å². The van der Waals surface area contributed by atoms with Gasteiger partial charge in [0.25, 0.3) is 5.91 Å². The first kappa shape index (κ1) is 19.2. The number of thiophene rings is 1. The highest BCUT2D eigenvalue weighted by Gasteiger charge is 2.21. The molecule has 1 fully saturated rings. The van der Waals surface area contributed by atoms with E-state index in [1.807, 2.05) is 18.2 Å². The third kappa shape index (κ3) is 4.29. The van der Waals surface area contributed by atoms with Crippen molar-refractivity contribution in [2.45, 2.75) is 23.8 Å². The lowest BCUT2D eigenvalue weighted by Gasteiger charge is -2.29. The summed E-state index contributed by atoms with van der Waals surface area (Å²) in [4.78, 5) is 26.4. The number of carbonyl (C=O) groups is 1. The van der Waals surface area contributed by atoms with Gasteiger partial charge >= 0.3 is 0 Å². The van der Waals surface area contributed by atoms with E-state index in [1.165, 1.54) is 22.6 Å². The largest absolute Gasteiger partial charge is 0.349 e. The highest BCUT2D eigenvalue weighted by atomic mass is 32.2. The summed E-state index contributed by atoms with van der Waals surface area (Å²) in [6.07, 6.45) is 5.57. The van der Waals surface area contributed by atoms with Crippen molar-refractivity contribution in [1.29, 1.82) is 0 Å². The van der Waals surface area contributed by atoms with Crippen molar-refractivity contribution in [3.05, 3.63) is 41.5 Å². The molecule has 2 aromatic heterocycles. The van der Waals surface area contributed by atoms with Crippen LogP contribution in [0.2, 0.25) is 0 Å². The molecule has 1 aromatic carbocycles. The van der Waals surface area contributed by atoms with E-state index < -0.39 is 0 Å². The van der Waals surface area contributed by atoms with E-state index in [0.29, 0.717) is 4.88 Å². The van der Waals surface area contributed by atoms with E-state index in [9.17, 15) is 4.79 Å². The molecule has 3 aromatic rings. The summed E-state index contributed by atoms with van der Waals surface area (Å²) in [5, 5.41) is 7.41. The quantitative estimate of drug-likeness (QED) is 0.617. The number of aromatic nitrogens is 2. The first-order valence-corrected chi connectivity index (χ1v) is 11.3. The second-order valence-electron chi connectivity index (χ2n) is 6.96. The number of benzene rings is 1. The van der Waals surface area contributed by atoms with Crippen LogP contribution in [0.4, 0.5) is 11.5 Å². The highest BCUT2D eigenvalue weighted by molar-refractivity contribution is 7.98. The number of hydrogen-bond acceptors (Lipinski definition) is 7. The second-order valence-corrected chi connectivity index (χ2v) is 8.87. The van der Waals surface area contributed by atoms with Gasteiger partial charge in [-0.2, -0.15) is 0 Å². The monoisotopic (exact) mass is 413 g/mol. The SMILES string of the molecule is CSc1cccc(Nc2ncnc3sc(C(=O)NC4CCN(C)CC4)cc23)c1. The van der Waals surface area contributed by atoms with Gasteiger partial charge in [0.05, 0.1) is 10.3 Å². The van der Waals surface area contributed by atoms with E-state index in [1.54, 1.807) is 11.8 Å². The molecule has 0 atom stereocenters. The van der Waals surface area contributed by atoms with Crippen LogP contribution in [0.25, 0.3) is 10.2 Å². The van der Waals surface area contributed by atoms with E-state index in [-0.39, 0.29) is 11.9 Å². The van der Waals surface area contributed by atoms with Crippen LogP contribution < -0.4 is 10.6 Å². The Bertz CT molecular complexity index is 982. The summed E-state index contributed by atoms with van der Waals surface area (Å²) in [5.74, 6) is 0.700. The minimum absolute atomic E-state index is 0.0205. The molecule has 0 bridgehead atoms. The molecule has 1 aliphatic heterocycles. The predicted octanol–water partition coefficient (Wildman–Crippen LogP) is 3.98. The lowest BCUT2D eigenvalue weighted by Crippen LogP contribution is -2.43. The maximum atomic E-state index is 12.7. The fourth-order valence-electron chi connectivity index (χ4n) is 3.31. The number of likely N-dealkylation sites (tertiary alicyclic amines) is 1. The summed E-state index contributed by atoms with van der Waals surface area (Å²) in [6.45, 7) is 2.04. The summed E-state index contributed by atoms with van der Waals surface area (Å²) < 4.78 is 0. The molecule has 8 heteroatoms. The molecule has 0 aliphatic carbocycles. The van der Waals surface area contributed by atoms with Gasteiger partial charge in [0.15, 0.2) is 0 Å². The Morgan fingerprint density at radius 1 is 1.25 bits per heavy atom. The molecule has 0 radical (unpaired) electrons. The van der Waals surface area contributed by atoms with E-state index in [4.69, 9.17) is 0 Å². The molecule has 4 rings (SSSR count). The smallest absolute Gasteiger partial charge is 0.261 e. The Morgan fingerprint density at radius 3 is 2.86 bits per heavy atom. The first-order chi connectivity index (χ1) is 13.6. The van der Waals surface area contributed by atoms with Gasteiger partial charge in [0, 0.05) is 16.6 Å². The van der Waals surface area contributed by atoms with Crippen LogP contribution >= 0.6 is 23.1 Å². The Morgan fingerprint density at radius 2 is 2.07 bits per heavy atom. The van der Waals surface area contributed by atoms with Crippen molar-refractivity contribution >= 4 is 50.7 Å². The molecule has 1 aliphatic rings. The molecule has 146 valence electrons. The van der Waals surface area contributed by atoms with Gasteiger partial charge in [0.2, 0.25) is 0 Å². The lowest BCUT2D eigenvalue weighted by molar-refractivity contribution is 0.0921. The normalized spacial score (nSPS) is 15.6. The second kappa shape index (κ2) is 8.46. The molecular weight excluding hydrogens is 390 g/mol. The topological polar surface area (TPSA) is 70.1 Å². The van der Waals surface area contributed by atoms with E-state index in [0.717, 1.165) is 47.7 Å². The van der Waals surface area contributed by atoms with Crippen LogP contribution in [0.5, 0.6) is 0 Å². The third-order valence-corrected chi connectivity index (χ3v) is 6.71. The van der Waals surface area contributed by atoms with Crippen molar-refractivity contribution in [2.75, 3.05) is 31.7 Å².